The van der Waals surface area contributed by atoms with E-state index in [1.54, 1.807) is 17.8 Å². The van der Waals surface area contributed by atoms with Crippen molar-refractivity contribution in [3.05, 3.63) is 42.4 Å². The van der Waals surface area contributed by atoms with E-state index in [1.165, 1.54) is 0 Å². The van der Waals surface area contributed by atoms with Crippen LogP contribution >= 0.6 is 0 Å². The molecule has 1 saturated carbocycles. The third kappa shape index (κ3) is 3.33. The molecule has 2 fully saturated rings. The summed E-state index contributed by atoms with van der Waals surface area (Å²) in [6.45, 7) is 3.27. The number of ether oxygens (including phenoxy) is 2. The highest BCUT2D eigenvalue weighted by Crippen LogP contribution is 2.37. The van der Waals surface area contributed by atoms with E-state index in [-0.39, 0.29) is 24.1 Å². The molecule has 0 aromatic carbocycles. The lowest BCUT2D eigenvalue weighted by atomic mass is 10.1. The first-order valence-electron chi connectivity index (χ1n) is 11.5. The van der Waals surface area contributed by atoms with Crippen LogP contribution in [0.15, 0.2) is 36.8 Å². The van der Waals surface area contributed by atoms with Gasteiger partial charge in [0.25, 0.3) is 5.91 Å². The van der Waals surface area contributed by atoms with Crippen molar-refractivity contribution in [3.63, 3.8) is 0 Å². The Morgan fingerprint density at radius 2 is 2.12 bits per heavy atom. The number of carbonyl (C=O) groups excluding carboxylic acids is 1. The van der Waals surface area contributed by atoms with Crippen molar-refractivity contribution >= 4 is 17.4 Å². The summed E-state index contributed by atoms with van der Waals surface area (Å²) in [6, 6.07) is 6.24. The predicted octanol–water partition coefficient (Wildman–Crippen LogP) is 2.46. The van der Waals surface area contributed by atoms with Crippen molar-refractivity contribution < 1.29 is 14.3 Å². The van der Waals surface area contributed by atoms with Crippen LogP contribution in [0.2, 0.25) is 0 Å². The molecule has 0 unspecified atom stereocenters. The zero-order valence-corrected chi connectivity index (χ0v) is 19.4. The largest absolute Gasteiger partial charge is 0.377 e. The van der Waals surface area contributed by atoms with Gasteiger partial charge in [-0.25, -0.2) is 9.97 Å². The number of hydrogen-bond donors (Lipinski definition) is 2. The van der Waals surface area contributed by atoms with E-state index in [0.717, 1.165) is 34.9 Å². The van der Waals surface area contributed by atoms with Gasteiger partial charge < -0.3 is 24.7 Å². The van der Waals surface area contributed by atoms with Gasteiger partial charge in [0.05, 0.1) is 31.1 Å². The molecule has 1 amide bonds. The number of amides is 1. The van der Waals surface area contributed by atoms with Crippen LogP contribution in [0.3, 0.4) is 0 Å². The predicted molar refractivity (Wildman–Crippen MR) is 126 cm³/mol. The summed E-state index contributed by atoms with van der Waals surface area (Å²) in [4.78, 5) is 22.5. The van der Waals surface area contributed by atoms with Crippen LogP contribution in [0.1, 0.15) is 29.7 Å². The zero-order chi connectivity index (χ0) is 23.4. The Morgan fingerprint density at radius 3 is 2.88 bits per heavy atom. The van der Waals surface area contributed by atoms with Crippen LogP contribution in [-0.4, -0.2) is 69.6 Å². The van der Waals surface area contributed by atoms with E-state index in [4.69, 9.17) is 19.4 Å². The minimum absolute atomic E-state index is 0.0248. The summed E-state index contributed by atoms with van der Waals surface area (Å²) in [5, 5.41) is 10.7. The Balaban J connectivity index is 1.41. The summed E-state index contributed by atoms with van der Waals surface area (Å²) < 4.78 is 15.1. The van der Waals surface area contributed by atoms with E-state index >= 15 is 0 Å². The first-order chi connectivity index (χ1) is 16.6. The van der Waals surface area contributed by atoms with Crippen molar-refractivity contribution in [2.24, 2.45) is 5.92 Å². The molecular weight excluding hydrogens is 434 g/mol. The fourth-order valence-electron chi connectivity index (χ4n) is 4.75. The van der Waals surface area contributed by atoms with Gasteiger partial charge in [0.1, 0.15) is 23.3 Å². The molecule has 0 spiro atoms. The van der Waals surface area contributed by atoms with Crippen molar-refractivity contribution in [1.29, 1.82) is 0 Å². The second-order valence-corrected chi connectivity index (χ2v) is 9.07. The third-order valence-electron chi connectivity index (χ3n) is 6.94. The standard InChI is InChI=1S/C24H27N7O3/c1-13-7-17(13)29-24(32)16-10-27-31-21(25-2)8-18(28-23(16)31)15-9-26-22-14(15)5-4-6-30(22)19-11-34-12-20(19)33-3/h4-6,8-10,13,17,19-20,25H,7,11-12H2,1-3H3,(H,29,32)/t13-,17+,19-,20-/m0/s1. The first kappa shape index (κ1) is 21.1. The number of anilines is 1. The fourth-order valence-corrected chi connectivity index (χ4v) is 4.75. The number of nitrogens with zero attached hydrogens (tertiary/aromatic N) is 5. The lowest BCUT2D eigenvalue weighted by Gasteiger charge is -2.22. The number of pyridine rings is 1. The van der Waals surface area contributed by atoms with Crippen LogP contribution in [0, 0.1) is 5.92 Å². The number of aromatic nitrogens is 5. The average Bonchev–Trinajstić information content (AvgIpc) is 3.30. The molecule has 2 N–H and O–H groups in total. The minimum atomic E-state index is -0.147. The Kier molecular flexibility index (Phi) is 5.00. The molecule has 34 heavy (non-hydrogen) atoms. The van der Waals surface area contributed by atoms with Gasteiger partial charge in [0.2, 0.25) is 0 Å². The molecule has 3 aliphatic heterocycles. The Morgan fingerprint density at radius 1 is 1.26 bits per heavy atom. The summed E-state index contributed by atoms with van der Waals surface area (Å²) in [5.74, 6) is 1.95. The SMILES string of the molecule is CNc1cc(-c2cnc3n([C@H]4COC[C@@H]4OC)cccc2-3)nc2c(C(=O)N[C@@H]3C[C@@H]3C)cnn12. The van der Waals surface area contributed by atoms with E-state index in [0.29, 0.717) is 30.3 Å². The summed E-state index contributed by atoms with van der Waals surface area (Å²) in [5.41, 5.74) is 3.55. The van der Waals surface area contributed by atoms with Crippen LogP contribution in [0.4, 0.5) is 5.82 Å². The Labute approximate surface area is 196 Å². The van der Waals surface area contributed by atoms with Crippen molar-refractivity contribution in [3.8, 4) is 22.6 Å². The maximum absolute atomic E-state index is 12.9. The number of methoxy groups -OCH3 is 1. The monoisotopic (exact) mass is 461 g/mol. The van der Waals surface area contributed by atoms with Crippen molar-refractivity contribution in [2.75, 3.05) is 32.7 Å². The molecule has 0 radical (unpaired) electrons. The van der Waals surface area contributed by atoms with Crippen molar-refractivity contribution in [1.82, 2.24) is 29.5 Å². The molecule has 2 aromatic rings. The molecule has 6 rings (SSSR count). The summed E-state index contributed by atoms with van der Waals surface area (Å²) in [7, 11) is 3.53. The molecular formula is C24H27N7O3. The van der Waals surface area contributed by atoms with E-state index in [9.17, 15) is 4.79 Å². The molecule has 1 saturated heterocycles. The minimum Gasteiger partial charge on any atom is -0.377 e. The Hall–Kier alpha value is -3.50. The normalized spacial score (nSPS) is 24.1. The topological polar surface area (TPSA) is 108 Å². The fraction of sp³-hybridized carbons (Fsp3) is 0.417. The molecule has 10 heteroatoms. The number of fused-ring (bicyclic) bond motifs is 2. The lowest BCUT2D eigenvalue weighted by molar-refractivity contribution is 0.0686. The highest BCUT2D eigenvalue weighted by Gasteiger charge is 2.35. The number of rotatable bonds is 6. The van der Waals surface area contributed by atoms with Gasteiger partial charge >= 0.3 is 0 Å². The maximum atomic E-state index is 12.9. The average molecular weight is 462 g/mol. The van der Waals surface area contributed by atoms with Crippen LogP contribution < -0.4 is 10.6 Å². The van der Waals surface area contributed by atoms with Crippen LogP contribution in [0.5, 0.6) is 0 Å². The smallest absolute Gasteiger partial charge is 0.256 e. The maximum Gasteiger partial charge on any atom is 0.256 e. The highest BCUT2D eigenvalue weighted by molar-refractivity contribution is 6.00. The highest BCUT2D eigenvalue weighted by atomic mass is 16.5. The molecule has 10 nitrogen and oxygen atoms in total. The third-order valence-corrected chi connectivity index (χ3v) is 6.94. The lowest BCUT2D eigenvalue weighted by Crippen LogP contribution is -2.26. The number of nitrogens with one attached hydrogen (secondary N) is 2. The van der Waals surface area contributed by atoms with Gasteiger partial charge in [-0.3, -0.25) is 4.79 Å². The van der Waals surface area contributed by atoms with E-state index in [2.05, 4.69) is 27.2 Å². The summed E-state index contributed by atoms with van der Waals surface area (Å²) in [6.07, 6.45) is 6.41. The van der Waals surface area contributed by atoms with Gasteiger partial charge in [0.15, 0.2) is 5.65 Å². The number of hydrogen-bond acceptors (Lipinski definition) is 7. The van der Waals surface area contributed by atoms with Crippen molar-refractivity contribution in [2.45, 2.75) is 31.5 Å². The van der Waals surface area contributed by atoms with Gasteiger partial charge in [-0.2, -0.15) is 9.61 Å². The van der Waals surface area contributed by atoms with Gasteiger partial charge in [-0.15, -0.1) is 0 Å². The molecule has 1 aliphatic carbocycles. The molecule has 4 aliphatic rings. The second kappa shape index (κ2) is 8.07. The second-order valence-electron chi connectivity index (χ2n) is 9.07. The summed E-state index contributed by atoms with van der Waals surface area (Å²) >= 11 is 0. The number of carbonyl (C=O) groups is 1. The van der Waals surface area contributed by atoms with Gasteiger partial charge in [-0.1, -0.05) is 6.92 Å². The molecule has 2 aromatic heterocycles. The van der Waals surface area contributed by atoms with E-state index in [1.807, 2.05) is 37.6 Å². The quantitative estimate of drug-likeness (QED) is 0.454. The van der Waals surface area contributed by atoms with Gasteiger partial charge in [-0.05, 0) is 24.5 Å². The first-order valence-corrected chi connectivity index (χ1v) is 11.5. The van der Waals surface area contributed by atoms with Crippen LogP contribution in [-0.2, 0) is 9.47 Å². The van der Waals surface area contributed by atoms with Gasteiger partial charge in [0, 0.05) is 49.8 Å². The molecule has 176 valence electrons. The van der Waals surface area contributed by atoms with Crippen LogP contribution in [0.25, 0.3) is 28.3 Å². The van der Waals surface area contributed by atoms with E-state index < -0.39 is 0 Å². The molecule has 5 heterocycles. The molecule has 0 bridgehead atoms. The molecule has 4 atom stereocenters. The Bertz CT molecular complexity index is 1350. The zero-order valence-electron chi connectivity index (χ0n) is 19.4.